The predicted octanol–water partition coefficient (Wildman–Crippen LogP) is 1.18. The number of likely N-dealkylation sites (tertiary alicyclic amines) is 1. The van der Waals surface area contributed by atoms with Gasteiger partial charge in [-0.25, -0.2) is 0 Å². The number of nitrogens with zero attached hydrogens (tertiary/aromatic N) is 3. The summed E-state index contributed by atoms with van der Waals surface area (Å²) >= 11 is 0. The highest BCUT2D eigenvalue weighted by Gasteiger charge is 2.20. The molecule has 0 unspecified atom stereocenters. The van der Waals surface area contributed by atoms with Crippen LogP contribution in [0.25, 0.3) is 0 Å². The second-order valence-corrected chi connectivity index (χ2v) is 5.31. The lowest BCUT2D eigenvalue weighted by Gasteiger charge is -2.29. The van der Waals surface area contributed by atoms with Crippen LogP contribution in [0.1, 0.15) is 29.8 Å². The van der Waals surface area contributed by atoms with Gasteiger partial charge in [-0.1, -0.05) is 0 Å². The van der Waals surface area contributed by atoms with Crippen molar-refractivity contribution in [3.8, 4) is 5.88 Å². The molecule has 1 N–H and O–H groups in total. The summed E-state index contributed by atoms with van der Waals surface area (Å²) in [5.41, 5.74) is 0. The molecule has 2 heterocycles. The molecule has 6 heteroatoms. The van der Waals surface area contributed by atoms with Crippen LogP contribution in [0.4, 0.5) is 0 Å². The van der Waals surface area contributed by atoms with Crippen molar-refractivity contribution < 1.29 is 14.4 Å². The van der Waals surface area contributed by atoms with E-state index in [1.807, 2.05) is 0 Å². The van der Waals surface area contributed by atoms with Crippen molar-refractivity contribution in [1.29, 1.82) is 0 Å². The highest BCUT2D eigenvalue weighted by molar-refractivity contribution is 5.91. The van der Waals surface area contributed by atoms with Crippen molar-refractivity contribution in [2.45, 2.75) is 19.3 Å². The first-order chi connectivity index (χ1) is 9.06. The van der Waals surface area contributed by atoms with E-state index in [2.05, 4.69) is 17.1 Å². The van der Waals surface area contributed by atoms with E-state index in [-0.39, 0.29) is 17.5 Å². The van der Waals surface area contributed by atoms with Gasteiger partial charge < -0.3 is 19.4 Å². The standard InChI is InChI=1S/C13H21N3O3/c1-15-6-3-10(4-7-15)5-8-16(2)13(18)11-9-12(17)14-19-11/h9-10H,3-8H2,1-2H3,(H,14,17). The van der Waals surface area contributed by atoms with Crippen LogP contribution in [0.15, 0.2) is 10.6 Å². The molecule has 0 radical (unpaired) electrons. The van der Waals surface area contributed by atoms with E-state index in [1.165, 1.54) is 18.9 Å². The van der Waals surface area contributed by atoms with E-state index < -0.39 is 0 Å². The zero-order valence-electron chi connectivity index (χ0n) is 11.5. The highest BCUT2D eigenvalue weighted by atomic mass is 16.5. The Bertz CT molecular complexity index is 425. The normalized spacial score (nSPS) is 17.6. The van der Waals surface area contributed by atoms with E-state index >= 15 is 0 Å². The van der Waals surface area contributed by atoms with Gasteiger partial charge in [-0.05, 0) is 50.5 Å². The third-order valence-electron chi connectivity index (χ3n) is 3.77. The van der Waals surface area contributed by atoms with Crippen LogP contribution < -0.4 is 0 Å². The van der Waals surface area contributed by atoms with Gasteiger partial charge in [0.2, 0.25) is 5.76 Å². The summed E-state index contributed by atoms with van der Waals surface area (Å²) in [5, 5.41) is 12.4. The largest absolute Gasteiger partial charge is 0.491 e. The van der Waals surface area contributed by atoms with Crippen LogP contribution in [0.5, 0.6) is 5.88 Å². The number of piperidine rings is 1. The Morgan fingerprint density at radius 2 is 2.26 bits per heavy atom. The first-order valence-electron chi connectivity index (χ1n) is 6.66. The van der Waals surface area contributed by atoms with E-state index in [4.69, 9.17) is 9.63 Å². The Morgan fingerprint density at radius 1 is 1.58 bits per heavy atom. The molecule has 6 nitrogen and oxygen atoms in total. The number of rotatable bonds is 4. The van der Waals surface area contributed by atoms with Crippen molar-refractivity contribution in [2.75, 3.05) is 33.7 Å². The first-order valence-corrected chi connectivity index (χ1v) is 6.66. The molecule has 1 aromatic heterocycles. The maximum Gasteiger partial charge on any atom is 0.292 e. The molecule has 2 rings (SSSR count). The molecule has 1 fully saturated rings. The fraction of sp³-hybridized carbons (Fsp3) is 0.692. The molecule has 1 aliphatic heterocycles. The van der Waals surface area contributed by atoms with Crippen molar-refractivity contribution >= 4 is 5.91 Å². The maximum atomic E-state index is 12.0. The summed E-state index contributed by atoms with van der Waals surface area (Å²) in [7, 11) is 3.89. The Morgan fingerprint density at radius 3 is 2.84 bits per heavy atom. The summed E-state index contributed by atoms with van der Waals surface area (Å²) in [5.74, 6) is 0.283. The van der Waals surface area contributed by atoms with Gasteiger partial charge in [0.05, 0.1) is 6.07 Å². The van der Waals surface area contributed by atoms with Crippen LogP contribution in [0, 0.1) is 5.92 Å². The third-order valence-corrected chi connectivity index (χ3v) is 3.77. The van der Waals surface area contributed by atoms with E-state index in [0.29, 0.717) is 12.5 Å². The Hall–Kier alpha value is -1.56. The Labute approximate surface area is 113 Å². The molecule has 0 saturated carbocycles. The number of carbonyl (C=O) groups is 1. The number of carbonyl (C=O) groups excluding carboxylic acids is 1. The Balaban J connectivity index is 1.78. The summed E-state index contributed by atoms with van der Waals surface area (Å²) in [6, 6.07) is 1.24. The van der Waals surface area contributed by atoms with Crippen molar-refractivity contribution in [1.82, 2.24) is 15.0 Å². The highest BCUT2D eigenvalue weighted by Crippen LogP contribution is 2.20. The number of aromatic hydroxyl groups is 1. The smallest absolute Gasteiger partial charge is 0.292 e. The molecule has 0 bridgehead atoms. The average molecular weight is 267 g/mol. The van der Waals surface area contributed by atoms with Crippen LogP contribution in [0.3, 0.4) is 0 Å². The molecule has 19 heavy (non-hydrogen) atoms. The first kappa shape index (κ1) is 13.9. The van der Waals surface area contributed by atoms with Crippen LogP contribution in [-0.4, -0.2) is 59.7 Å². The van der Waals surface area contributed by atoms with Crippen molar-refractivity contribution in [3.05, 3.63) is 11.8 Å². The van der Waals surface area contributed by atoms with Gasteiger partial charge in [0.15, 0.2) is 0 Å². The second kappa shape index (κ2) is 6.06. The lowest BCUT2D eigenvalue weighted by Crippen LogP contribution is -2.33. The van der Waals surface area contributed by atoms with Crippen molar-refractivity contribution in [3.63, 3.8) is 0 Å². The van der Waals surface area contributed by atoms with E-state index in [9.17, 15) is 4.79 Å². The fourth-order valence-corrected chi connectivity index (χ4v) is 2.38. The van der Waals surface area contributed by atoms with Gasteiger partial charge in [0, 0.05) is 13.6 Å². The zero-order chi connectivity index (χ0) is 13.8. The molecule has 106 valence electrons. The Kier molecular flexibility index (Phi) is 4.42. The molecular formula is C13H21N3O3. The minimum Gasteiger partial charge on any atom is -0.491 e. The van der Waals surface area contributed by atoms with Gasteiger partial charge >= 0.3 is 0 Å². The van der Waals surface area contributed by atoms with Gasteiger partial charge in [-0.15, -0.1) is 0 Å². The topological polar surface area (TPSA) is 69.8 Å². The second-order valence-electron chi connectivity index (χ2n) is 5.31. The molecular weight excluding hydrogens is 246 g/mol. The van der Waals surface area contributed by atoms with Gasteiger partial charge in [-0.3, -0.25) is 4.79 Å². The average Bonchev–Trinajstić information content (AvgIpc) is 2.83. The van der Waals surface area contributed by atoms with Gasteiger partial charge in [-0.2, -0.15) is 0 Å². The van der Waals surface area contributed by atoms with Crippen LogP contribution in [0.2, 0.25) is 0 Å². The maximum absolute atomic E-state index is 12.0. The van der Waals surface area contributed by atoms with Crippen molar-refractivity contribution in [2.24, 2.45) is 5.92 Å². The summed E-state index contributed by atoms with van der Waals surface area (Å²) in [6.45, 7) is 2.98. The molecule has 0 aliphatic carbocycles. The number of hydrogen-bond acceptors (Lipinski definition) is 5. The van der Waals surface area contributed by atoms with Crippen LogP contribution >= 0.6 is 0 Å². The van der Waals surface area contributed by atoms with Gasteiger partial charge in [0.25, 0.3) is 11.8 Å². The minimum atomic E-state index is -0.257. The number of amides is 1. The predicted molar refractivity (Wildman–Crippen MR) is 70.0 cm³/mol. The fourth-order valence-electron chi connectivity index (χ4n) is 2.38. The molecule has 1 amide bonds. The summed E-state index contributed by atoms with van der Waals surface area (Å²) in [4.78, 5) is 15.9. The van der Waals surface area contributed by atoms with E-state index in [0.717, 1.165) is 19.5 Å². The lowest BCUT2D eigenvalue weighted by atomic mass is 9.94. The number of hydrogen-bond donors (Lipinski definition) is 1. The number of aromatic nitrogens is 1. The van der Waals surface area contributed by atoms with Crippen LogP contribution in [-0.2, 0) is 0 Å². The summed E-state index contributed by atoms with van der Waals surface area (Å²) in [6.07, 6.45) is 3.40. The summed E-state index contributed by atoms with van der Waals surface area (Å²) < 4.78 is 4.76. The molecule has 0 aromatic carbocycles. The van der Waals surface area contributed by atoms with Gasteiger partial charge in [0.1, 0.15) is 0 Å². The molecule has 1 aliphatic rings. The quantitative estimate of drug-likeness (QED) is 0.887. The third kappa shape index (κ3) is 3.70. The molecule has 0 atom stereocenters. The molecule has 0 spiro atoms. The zero-order valence-corrected chi connectivity index (χ0v) is 11.5. The SMILES string of the molecule is CN1CCC(CCN(C)C(=O)c2cc(O)no2)CC1. The monoisotopic (exact) mass is 267 g/mol. The lowest BCUT2D eigenvalue weighted by molar-refractivity contribution is 0.0738. The minimum absolute atomic E-state index is 0.0865. The van der Waals surface area contributed by atoms with E-state index in [1.54, 1.807) is 11.9 Å². The molecule has 1 aromatic rings. The molecule has 1 saturated heterocycles.